The van der Waals surface area contributed by atoms with E-state index in [-0.39, 0.29) is 29.2 Å². The number of pyridine rings is 1. The van der Waals surface area contributed by atoms with Gasteiger partial charge in [-0.1, -0.05) is 18.1 Å². The van der Waals surface area contributed by atoms with Gasteiger partial charge in [0, 0.05) is 29.6 Å². The summed E-state index contributed by atoms with van der Waals surface area (Å²) in [6.45, 7) is 9.97. The average molecular weight is 654 g/mol. The molecule has 0 saturated carbocycles. The van der Waals surface area contributed by atoms with Crippen LogP contribution < -0.4 is 10.0 Å². The van der Waals surface area contributed by atoms with Crippen LogP contribution in [0.2, 0.25) is 0 Å². The number of fused-ring (bicyclic) bond motifs is 1. The Bertz CT molecular complexity index is 1960. The molecule has 2 heterocycles. The Balaban J connectivity index is 2.01. The molecule has 1 unspecified atom stereocenters. The van der Waals surface area contributed by atoms with Gasteiger partial charge in [-0.3, -0.25) is 9.40 Å². The molecule has 3 N–H and O–H groups in total. The third-order valence-electron chi connectivity index (χ3n) is 6.57. The molecule has 4 aromatic rings. The molecule has 0 aliphatic rings. The summed E-state index contributed by atoms with van der Waals surface area (Å²) in [6.07, 6.45) is 0.159. The number of sulfonamides is 1. The van der Waals surface area contributed by atoms with Gasteiger partial charge >= 0.3 is 6.09 Å². The Morgan fingerprint density at radius 2 is 1.70 bits per heavy atom. The molecule has 1 atom stereocenters. The molecule has 0 fully saturated rings. The Hall–Kier alpha value is -4.54. The fourth-order valence-corrected chi connectivity index (χ4v) is 5.42. The maximum absolute atomic E-state index is 14.3. The fraction of sp³-hybridized carbons (Fsp3) is 0.364. The number of carbonyl (C=O) groups is 1. The Morgan fingerprint density at radius 3 is 2.28 bits per heavy atom. The van der Waals surface area contributed by atoms with Gasteiger partial charge < -0.3 is 15.2 Å². The van der Waals surface area contributed by atoms with Crippen LogP contribution in [0.5, 0.6) is 0 Å². The predicted molar refractivity (Wildman–Crippen MR) is 172 cm³/mol. The number of halogens is 2. The van der Waals surface area contributed by atoms with Gasteiger partial charge in [0.25, 0.3) is 0 Å². The molecule has 0 aliphatic carbocycles. The van der Waals surface area contributed by atoms with Crippen LogP contribution in [0.4, 0.5) is 19.4 Å². The lowest BCUT2D eigenvalue weighted by atomic mass is 9.93. The third kappa shape index (κ3) is 8.80. The van der Waals surface area contributed by atoms with Gasteiger partial charge in [0.05, 0.1) is 23.5 Å². The SMILES string of the molecule is Cc1ccc(-c2ccc(C#CC(C)(C)O)nc2C(Cc2cc(F)cc(F)c2)NC(=O)OC(C)(C)C)c2c1c(NS(C)(=O)=O)nn2C. The number of aromatic nitrogens is 3. The maximum Gasteiger partial charge on any atom is 0.408 e. The summed E-state index contributed by atoms with van der Waals surface area (Å²) < 4.78 is 62.4. The first-order chi connectivity index (χ1) is 21.2. The van der Waals surface area contributed by atoms with Crippen molar-refractivity contribution < 1.29 is 31.8 Å². The summed E-state index contributed by atoms with van der Waals surface area (Å²) in [5, 5.41) is 18.0. The molecule has 0 spiro atoms. The molecule has 1 amide bonds. The van der Waals surface area contributed by atoms with Crippen molar-refractivity contribution in [2.45, 2.75) is 65.2 Å². The van der Waals surface area contributed by atoms with Crippen molar-refractivity contribution in [1.82, 2.24) is 20.1 Å². The minimum atomic E-state index is -3.66. The molecule has 244 valence electrons. The number of carbonyl (C=O) groups excluding carboxylic acids is 1. The first kappa shape index (κ1) is 34.3. The number of alkyl carbamates (subject to hydrolysis) is 1. The number of nitrogens with zero attached hydrogens (tertiary/aromatic N) is 3. The number of nitrogens with one attached hydrogen (secondary N) is 2. The number of aryl methyl sites for hydroxylation is 2. The number of amides is 1. The minimum Gasteiger partial charge on any atom is -0.444 e. The molecule has 0 aliphatic heterocycles. The molecule has 46 heavy (non-hydrogen) atoms. The smallest absolute Gasteiger partial charge is 0.408 e. The first-order valence-corrected chi connectivity index (χ1v) is 16.2. The molecule has 0 radical (unpaired) electrons. The second-order valence-electron chi connectivity index (χ2n) is 12.6. The lowest BCUT2D eigenvalue weighted by Gasteiger charge is -2.25. The van der Waals surface area contributed by atoms with Crippen molar-refractivity contribution >= 4 is 32.8 Å². The zero-order valence-corrected chi connectivity index (χ0v) is 27.7. The summed E-state index contributed by atoms with van der Waals surface area (Å²) in [4.78, 5) is 17.9. The van der Waals surface area contributed by atoms with Crippen LogP contribution in [0.15, 0.2) is 42.5 Å². The monoisotopic (exact) mass is 653 g/mol. The van der Waals surface area contributed by atoms with E-state index in [0.717, 1.165) is 17.9 Å². The zero-order valence-electron chi connectivity index (χ0n) is 26.9. The number of anilines is 1. The molecule has 10 nitrogen and oxygen atoms in total. The van der Waals surface area contributed by atoms with E-state index in [1.807, 2.05) is 13.0 Å². The third-order valence-corrected chi connectivity index (χ3v) is 7.14. The number of hydrogen-bond donors (Lipinski definition) is 3. The van der Waals surface area contributed by atoms with Crippen LogP contribution in [0.25, 0.3) is 22.0 Å². The van der Waals surface area contributed by atoms with E-state index in [1.54, 1.807) is 46.0 Å². The van der Waals surface area contributed by atoms with E-state index in [1.165, 1.54) is 30.7 Å². The number of rotatable bonds is 7. The van der Waals surface area contributed by atoms with Crippen molar-refractivity contribution in [2.24, 2.45) is 7.05 Å². The van der Waals surface area contributed by atoms with Crippen molar-refractivity contribution in [3.8, 4) is 23.0 Å². The topological polar surface area (TPSA) is 135 Å². The molecule has 2 aromatic heterocycles. The van der Waals surface area contributed by atoms with E-state index in [4.69, 9.17) is 9.72 Å². The molecular formula is C33H37F2N5O5S. The van der Waals surface area contributed by atoms with Gasteiger partial charge in [-0.05, 0) is 89.3 Å². The highest BCUT2D eigenvalue weighted by Crippen LogP contribution is 2.38. The van der Waals surface area contributed by atoms with Gasteiger partial charge in [0.2, 0.25) is 10.0 Å². The predicted octanol–water partition coefficient (Wildman–Crippen LogP) is 5.52. The zero-order chi connectivity index (χ0) is 34.2. The highest BCUT2D eigenvalue weighted by Gasteiger charge is 2.27. The molecule has 0 bridgehead atoms. The lowest BCUT2D eigenvalue weighted by Crippen LogP contribution is -2.36. The fourth-order valence-electron chi connectivity index (χ4n) is 4.93. The van der Waals surface area contributed by atoms with Crippen molar-refractivity contribution in [1.29, 1.82) is 0 Å². The van der Waals surface area contributed by atoms with E-state index < -0.39 is 45.0 Å². The van der Waals surface area contributed by atoms with Gasteiger partial charge in [-0.15, -0.1) is 0 Å². The minimum absolute atomic E-state index is 0.0857. The molecular weight excluding hydrogens is 616 g/mol. The maximum atomic E-state index is 14.3. The summed E-state index contributed by atoms with van der Waals surface area (Å²) in [5.41, 5.74) is 1.02. The number of benzene rings is 2. The summed E-state index contributed by atoms with van der Waals surface area (Å²) in [6, 6.07) is 9.08. The average Bonchev–Trinajstić information content (AvgIpc) is 3.20. The van der Waals surface area contributed by atoms with Crippen LogP contribution >= 0.6 is 0 Å². The Labute approximate surface area is 267 Å². The molecule has 13 heteroatoms. The Kier molecular flexibility index (Phi) is 9.47. The lowest BCUT2D eigenvalue weighted by molar-refractivity contribution is 0.0502. The highest BCUT2D eigenvalue weighted by atomic mass is 32.2. The normalized spacial score (nSPS) is 12.8. The molecule has 0 saturated heterocycles. The van der Waals surface area contributed by atoms with Crippen LogP contribution in [0, 0.1) is 30.4 Å². The number of ether oxygens (including phenoxy) is 1. The van der Waals surface area contributed by atoms with Crippen molar-refractivity contribution in [3.63, 3.8) is 0 Å². The van der Waals surface area contributed by atoms with E-state index in [2.05, 4.69) is 27.0 Å². The highest BCUT2D eigenvalue weighted by molar-refractivity contribution is 7.92. The van der Waals surface area contributed by atoms with Crippen molar-refractivity contribution in [2.75, 3.05) is 11.0 Å². The van der Waals surface area contributed by atoms with E-state index in [0.29, 0.717) is 22.0 Å². The summed E-state index contributed by atoms with van der Waals surface area (Å²) in [7, 11) is -1.99. The van der Waals surface area contributed by atoms with Crippen LogP contribution in [0.3, 0.4) is 0 Å². The molecule has 2 aromatic carbocycles. The van der Waals surface area contributed by atoms with Crippen LogP contribution in [-0.2, 0) is 28.2 Å². The van der Waals surface area contributed by atoms with Crippen molar-refractivity contribution in [3.05, 3.63) is 76.6 Å². The quantitative estimate of drug-likeness (QED) is 0.224. The van der Waals surface area contributed by atoms with E-state index >= 15 is 0 Å². The largest absolute Gasteiger partial charge is 0.444 e. The first-order valence-electron chi connectivity index (χ1n) is 14.3. The van der Waals surface area contributed by atoms with Gasteiger partial charge in [-0.25, -0.2) is 27.0 Å². The van der Waals surface area contributed by atoms with Crippen LogP contribution in [0.1, 0.15) is 63.2 Å². The van der Waals surface area contributed by atoms with Gasteiger partial charge in [0.15, 0.2) is 5.82 Å². The van der Waals surface area contributed by atoms with E-state index in [9.17, 15) is 27.1 Å². The van der Waals surface area contributed by atoms with Gasteiger partial charge in [-0.2, -0.15) is 5.10 Å². The molecule has 4 rings (SSSR count). The second kappa shape index (κ2) is 12.7. The summed E-state index contributed by atoms with van der Waals surface area (Å²) in [5.74, 6) is 4.14. The number of hydrogen-bond acceptors (Lipinski definition) is 7. The Morgan fingerprint density at radius 1 is 1.07 bits per heavy atom. The summed E-state index contributed by atoms with van der Waals surface area (Å²) >= 11 is 0. The second-order valence-corrected chi connectivity index (χ2v) is 14.4. The van der Waals surface area contributed by atoms with Gasteiger partial charge in [0.1, 0.15) is 28.5 Å². The van der Waals surface area contributed by atoms with Crippen LogP contribution in [-0.4, -0.2) is 51.8 Å². The standard InChI is InChI=1S/C33H37F2N5O5S/c1-19-9-11-25(29-27(19)30(38-40(29)7)39-46(8,43)44)24-12-10-23(13-14-33(5,6)42)36-28(24)26(37-31(41)45-32(2,3)4)17-20-15-21(34)18-22(35)16-20/h9-12,15-16,18,26,42H,17H2,1-8H3,(H,37,41)(H,38,39). The number of aliphatic hydroxyl groups is 1.